The molecule has 3 aliphatic rings. The van der Waals surface area contributed by atoms with Gasteiger partial charge in [-0.3, -0.25) is 9.59 Å². The van der Waals surface area contributed by atoms with Gasteiger partial charge in [-0.2, -0.15) is 0 Å². The van der Waals surface area contributed by atoms with Crippen LogP contribution in [0.25, 0.3) is 0 Å². The van der Waals surface area contributed by atoms with E-state index in [-0.39, 0.29) is 18.9 Å². The van der Waals surface area contributed by atoms with Crippen LogP contribution in [0.2, 0.25) is 0 Å². The second kappa shape index (κ2) is 8.61. The van der Waals surface area contributed by atoms with Gasteiger partial charge in [0.05, 0.1) is 19.1 Å². The molecule has 3 fully saturated rings. The largest absolute Gasteiger partial charge is 0.481 e. The fourth-order valence-corrected chi connectivity index (χ4v) is 4.60. The number of likely N-dealkylation sites (tertiary alicyclic amines) is 1. The number of nitrogens with zero attached hydrogens (tertiary/aromatic N) is 1. The van der Waals surface area contributed by atoms with Crippen LogP contribution in [0.15, 0.2) is 30.3 Å². The summed E-state index contributed by atoms with van der Waals surface area (Å²) in [5.41, 5.74) is 0.851. The molecule has 9 heteroatoms. The third-order valence-corrected chi connectivity index (χ3v) is 6.09. The summed E-state index contributed by atoms with van der Waals surface area (Å²) < 4.78 is 16.5. The highest BCUT2D eigenvalue weighted by Gasteiger charge is 2.51. The second-order valence-corrected chi connectivity index (χ2v) is 7.94. The maximum absolute atomic E-state index is 12.9. The average Bonchev–Trinajstić information content (AvgIpc) is 3.34. The van der Waals surface area contributed by atoms with E-state index in [1.54, 1.807) is 4.90 Å². The zero-order valence-electron chi connectivity index (χ0n) is 16.6. The van der Waals surface area contributed by atoms with Gasteiger partial charge in [-0.25, -0.2) is 4.79 Å². The summed E-state index contributed by atoms with van der Waals surface area (Å²) in [7, 11) is 0. The summed E-state index contributed by atoms with van der Waals surface area (Å²) in [6.45, 7) is 1.42. The third kappa shape index (κ3) is 4.27. The first-order chi connectivity index (χ1) is 14.5. The Balaban J connectivity index is 1.34. The molecule has 1 aromatic rings. The van der Waals surface area contributed by atoms with Crippen molar-refractivity contribution >= 4 is 18.0 Å². The highest BCUT2D eigenvalue weighted by molar-refractivity contribution is 5.88. The molecule has 0 aromatic heterocycles. The molecule has 162 valence electrons. The molecular formula is C21H26N2O7. The zero-order valence-corrected chi connectivity index (χ0v) is 16.6. The van der Waals surface area contributed by atoms with Crippen LogP contribution in [0.1, 0.15) is 31.2 Å². The van der Waals surface area contributed by atoms with E-state index in [4.69, 9.17) is 14.2 Å². The van der Waals surface area contributed by atoms with E-state index < -0.39 is 35.9 Å². The minimum Gasteiger partial charge on any atom is -0.481 e. The van der Waals surface area contributed by atoms with E-state index in [2.05, 4.69) is 5.32 Å². The monoisotopic (exact) mass is 418 g/mol. The van der Waals surface area contributed by atoms with Crippen molar-refractivity contribution in [2.75, 3.05) is 19.8 Å². The number of carbonyl (C=O) groups excluding carboxylic acids is 2. The van der Waals surface area contributed by atoms with Gasteiger partial charge < -0.3 is 29.5 Å². The third-order valence-electron chi connectivity index (χ3n) is 6.09. The molecule has 2 saturated heterocycles. The number of ether oxygens (including phenoxy) is 3. The van der Waals surface area contributed by atoms with Crippen molar-refractivity contribution in [2.45, 2.75) is 50.2 Å². The van der Waals surface area contributed by atoms with Gasteiger partial charge in [0.25, 0.3) is 0 Å². The number of amides is 2. The summed E-state index contributed by atoms with van der Waals surface area (Å²) >= 11 is 0. The molecule has 2 N–H and O–H groups in total. The lowest BCUT2D eigenvalue weighted by atomic mass is 9.80. The molecule has 30 heavy (non-hydrogen) atoms. The smallest absolute Gasteiger partial charge is 0.408 e. The van der Waals surface area contributed by atoms with Crippen molar-refractivity contribution in [3.63, 3.8) is 0 Å². The predicted molar refractivity (Wildman–Crippen MR) is 103 cm³/mol. The molecular weight excluding hydrogens is 392 g/mol. The van der Waals surface area contributed by atoms with Crippen molar-refractivity contribution < 1.29 is 33.7 Å². The van der Waals surface area contributed by atoms with E-state index in [1.807, 2.05) is 30.3 Å². The lowest BCUT2D eigenvalue weighted by molar-refractivity contribution is -0.202. The molecule has 1 aromatic carbocycles. The maximum atomic E-state index is 12.9. The van der Waals surface area contributed by atoms with Gasteiger partial charge in [0, 0.05) is 25.4 Å². The first-order valence-electron chi connectivity index (χ1n) is 10.3. The zero-order chi connectivity index (χ0) is 21.1. The number of alkyl carbamates (subject to hydrolysis) is 1. The summed E-state index contributed by atoms with van der Waals surface area (Å²) in [5.74, 6) is -2.86. The van der Waals surface area contributed by atoms with E-state index in [0.29, 0.717) is 39.0 Å². The second-order valence-electron chi connectivity index (χ2n) is 7.94. The Bertz CT molecular complexity index is 794. The van der Waals surface area contributed by atoms with Crippen LogP contribution in [-0.4, -0.2) is 65.6 Å². The van der Waals surface area contributed by atoms with Gasteiger partial charge in [-0.05, 0) is 18.4 Å². The lowest BCUT2D eigenvalue weighted by Gasteiger charge is -2.42. The van der Waals surface area contributed by atoms with Crippen molar-refractivity contribution in [1.82, 2.24) is 10.2 Å². The Hall–Kier alpha value is -2.65. The molecule has 1 aliphatic carbocycles. The number of benzene rings is 1. The molecule has 1 saturated carbocycles. The fourth-order valence-electron chi connectivity index (χ4n) is 4.60. The normalized spacial score (nSPS) is 27.9. The van der Waals surface area contributed by atoms with Crippen molar-refractivity contribution in [3.8, 4) is 0 Å². The van der Waals surface area contributed by atoms with Crippen LogP contribution >= 0.6 is 0 Å². The Kier molecular flexibility index (Phi) is 5.92. The standard InChI is InChI=1S/C21H26N2O7/c24-18-16(22-20(27)28-13-14-4-2-1-3-5-14)7-9-23(18)17-6-8-21(29-10-11-30-21)12-15(17)19(25)26/h1-5,15-17H,6-13H2,(H,22,27)(H,25,26)/t15-,16?,17+/m1/s1. The number of hydrogen-bond donors (Lipinski definition) is 2. The van der Waals surface area contributed by atoms with Gasteiger partial charge in [-0.1, -0.05) is 30.3 Å². The molecule has 4 rings (SSSR count). The van der Waals surface area contributed by atoms with E-state index in [9.17, 15) is 19.5 Å². The van der Waals surface area contributed by atoms with Gasteiger partial charge in [0.15, 0.2) is 5.79 Å². The summed E-state index contributed by atoms with van der Waals surface area (Å²) in [6.07, 6.45) is 0.995. The Morgan fingerprint density at radius 1 is 1.20 bits per heavy atom. The first kappa shape index (κ1) is 20.6. The highest BCUT2D eigenvalue weighted by atomic mass is 16.7. The molecule has 1 spiro atoms. The minimum atomic E-state index is -0.968. The van der Waals surface area contributed by atoms with Gasteiger partial charge in [0.2, 0.25) is 5.91 Å². The highest BCUT2D eigenvalue weighted by Crippen LogP contribution is 2.41. The number of hydrogen-bond acceptors (Lipinski definition) is 6. The van der Waals surface area contributed by atoms with Crippen molar-refractivity contribution in [2.24, 2.45) is 5.92 Å². The van der Waals surface area contributed by atoms with Crippen molar-refractivity contribution in [1.29, 1.82) is 0 Å². The summed E-state index contributed by atoms with van der Waals surface area (Å²) in [4.78, 5) is 38.5. The van der Waals surface area contributed by atoms with Crippen LogP contribution in [-0.2, 0) is 30.4 Å². The average molecular weight is 418 g/mol. The molecule has 0 bridgehead atoms. The van der Waals surface area contributed by atoms with E-state index in [0.717, 1.165) is 5.56 Å². The van der Waals surface area contributed by atoms with Crippen LogP contribution in [0, 0.1) is 5.92 Å². The van der Waals surface area contributed by atoms with Crippen molar-refractivity contribution in [3.05, 3.63) is 35.9 Å². The Morgan fingerprint density at radius 2 is 1.93 bits per heavy atom. The van der Waals surface area contributed by atoms with Crippen LogP contribution in [0.5, 0.6) is 0 Å². The number of carbonyl (C=O) groups is 3. The first-order valence-corrected chi connectivity index (χ1v) is 10.3. The van der Waals surface area contributed by atoms with Gasteiger partial charge in [0.1, 0.15) is 12.6 Å². The predicted octanol–water partition coefficient (Wildman–Crippen LogP) is 1.51. The molecule has 2 aliphatic heterocycles. The number of nitrogens with one attached hydrogen (secondary N) is 1. The van der Waals surface area contributed by atoms with Crippen LogP contribution in [0.3, 0.4) is 0 Å². The molecule has 2 amide bonds. The molecule has 1 unspecified atom stereocenters. The lowest BCUT2D eigenvalue weighted by Crippen LogP contribution is -2.54. The van der Waals surface area contributed by atoms with Gasteiger partial charge in [-0.15, -0.1) is 0 Å². The quantitative estimate of drug-likeness (QED) is 0.745. The number of carboxylic acid groups (broad SMARTS) is 1. The van der Waals surface area contributed by atoms with E-state index in [1.165, 1.54) is 0 Å². The number of rotatable bonds is 5. The van der Waals surface area contributed by atoms with Crippen LogP contribution in [0.4, 0.5) is 4.79 Å². The Labute approximate surface area is 174 Å². The summed E-state index contributed by atoms with van der Waals surface area (Å²) in [5, 5.41) is 12.4. The Morgan fingerprint density at radius 3 is 2.63 bits per heavy atom. The number of aliphatic carboxylic acids is 1. The van der Waals surface area contributed by atoms with Crippen LogP contribution < -0.4 is 5.32 Å². The SMILES string of the molecule is O=C(NC1CCN([C@H]2CCC3(C[C@H]2C(=O)O)OCCO3)C1=O)OCc1ccccc1. The van der Waals surface area contributed by atoms with E-state index >= 15 is 0 Å². The maximum Gasteiger partial charge on any atom is 0.408 e. The minimum absolute atomic E-state index is 0.114. The fraction of sp³-hybridized carbons (Fsp3) is 0.571. The summed E-state index contributed by atoms with van der Waals surface area (Å²) in [6, 6.07) is 8.11. The number of carboxylic acids is 1. The molecule has 0 radical (unpaired) electrons. The molecule has 9 nitrogen and oxygen atoms in total. The molecule has 3 atom stereocenters. The molecule has 2 heterocycles. The van der Waals surface area contributed by atoms with Gasteiger partial charge >= 0.3 is 12.1 Å². The topological polar surface area (TPSA) is 114 Å².